The molecule has 5 atom stereocenters. The standard InChI is InChI=1S/C34H43N6O15P3/c1-19-13-29(42)53-26-15-25-23(14-24(19)26)20(2)16-34(3,4)40(25)12-6-8-27(41)36-11-5-7-21-17-39(31-30(21)32(43)38-33(35)37-31)28-10-9-22(52-28)18-51-57(47,48)55-58(49,50)54-56(44,45)46/h13-15,17,20,22,28H,6,8-12,16,18H2,1-4H3,(H,36,41)(H,47,48)(H,49,50)(H2,44,45,46)(H3,35,37,38,43)/t20?,22-,28+/m0/s1. The first kappa shape index (κ1) is 43.4. The van der Waals surface area contributed by atoms with Crippen molar-refractivity contribution in [2.75, 3.05) is 30.3 Å². The zero-order valence-electron chi connectivity index (χ0n) is 31.7. The molecule has 3 unspecified atom stereocenters. The van der Waals surface area contributed by atoms with Gasteiger partial charge in [0.1, 0.15) is 11.8 Å². The lowest BCUT2D eigenvalue weighted by Crippen LogP contribution is -2.49. The van der Waals surface area contributed by atoms with Gasteiger partial charge in [0.05, 0.1) is 30.2 Å². The van der Waals surface area contributed by atoms with E-state index < -0.39 is 53.6 Å². The summed E-state index contributed by atoms with van der Waals surface area (Å²) in [5.41, 5.74) is 8.48. The normalized spacial score (nSPS) is 21.2. The molecule has 1 aromatic carbocycles. The Bertz CT molecular complexity index is 2590. The number of carbonyl (C=O) groups excluding carboxylic acids is 1. The molecule has 2 aliphatic heterocycles. The van der Waals surface area contributed by atoms with Gasteiger partial charge in [0.15, 0.2) is 5.65 Å². The Labute approximate surface area is 330 Å². The number of carbonyl (C=O) groups is 1. The Balaban J connectivity index is 1.07. The molecule has 3 aromatic heterocycles. The first-order chi connectivity index (χ1) is 27.0. The summed E-state index contributed by atoms with van der Waals surface area (Å²) in [6.45, 7) is 8.27. The third-order valence-corrected chi connectivity index (χ3v) is 13.6. The van der Waals surface area contributed by atoms with E-state index in [0.717, 1.165) is 28.6 Å². The summed E-state index contributed by atoms with van der Waals surface area (Å²) in [5.74, 6) is 5.60. The van der Waals surface area contributed by atoms with Gasteiger partial charge in [-0.25, -0.2) is 18.5 Å². The fraction of sp³-hybridized carbons (Fsp3) is 0.471. The maximum absolute atomic E-state index is 13.0. The van der Waals surface area contributed by atoms with Crippen LogP contribution in [0.5, 0.6) is 0 Å². The number of nitrogens with zero attached hydrogens (tertiary/aromatic N) is 3. The molecule has 1 fully saturated rings. The molecule has 24 heteroatoms. The summed E-state index contributed by atoms with van der Waals surface area (Å²) < 4.78 is 59.7. The summed E-state index contributed by atoms with van der Waals surface area (Å²) >= 11 is 0. The van der Waals surface area contributed by atoms with Crippen LogP contribution in [0.1, 0.15) is 81.7 Å². The van der Waals surface area contributed by atoms with Gasteiger partial charge in [-0.3, -0.25) is 19.1 Å². The van der Waals surface area contributed by atoms with Crippen molar-refractivity contribution in [2.45, 2.75) is 83.6 Å². The Morgan fingerprint density at radius 1 is 1.12 bits per heavy atom. The highest BCUT2D eigenvalue weighted by Gasteiger charge is 2.42. The minimum Gasteiger partial charge on any atom is -0.423 e. The number of fused-ring (bicyclic) bond motifs is 3. The van der Waals surface area contributed by atoms with Crippen molar-refractivity contribution in [1.29, 1.82) is 0 Å². The summed E-state index contributed by atoms with van der Waals surface area (Å²) in [7, 11) is -16.6. The number of rotatable bonds is 13. The van der Waals surface area contributed by atoms with Gasteiger partial charge in [0, 0.05) is 47.9 Å². The summed E-state index contributed by atoms with van der Waals surface area (Å²) in [6, 6.07) is 5.51. The van der Waals surface area contributed by atoms with Crippen LogP contribution in [-0.2, 0) is 36.4 Å². The van der Waals surface area contributed by atoms with Crippen LogP contribution in [0.15, 0.2) is 38.4 Å². The largest absolute Gasteiger partial charge is 0.490 e. The van der Waals surface area contributed by atoms with Gasteiger partial charge in [-0.05, 0) is 69.6 Å². The maximum atomic E-state index is 13.0. The maximum Gasteiger partial charge on any atom is 0.490 e. The van der Waals surface area contributed by atoms with Crippen molar-refractivity contribution in [2.24, 2.45) is 0 Å². The summed E-state index contributed by atoms with van der Waals surface area (Å²) in [6.07, 6.45) is 1.96. The molecule has 0 radical (unpaired) electrons. The number of H-pyrrole nitrogens is 1. The van der Waals surface area contributed by atoms with Crippen molar-refractivity contribution in [3.63, 3.8) is 0 Å². The van der Waals surface area contributed by atoms with Crippen LogP contribution in [0.4, 0.5) is 11.6 Å². The zero-order valence-corrected chi connectivity index (χ0v) is 34.4. The molecule has 1 saturated heterocycles. The van der Waals surface area contributed by atoms with Crippen molar-refractivity contribution in [3.05, 3.63) is 61.9 Å². The molecule has 21 nitrogen and oxygen atoms in total. The van der Waals surface area contributed by atoms with Gasteiger partial charge in [-0.1, -0.05) is 18.8 Å². The molecule has 0 bridgehead atoms. The number of aromatic amines is 1. The van der Waals surface area contributed by atoms with E-state index in [1.165, 1.54) is 16.8 Å². The van der Waals surface area contributed by atoms with Crippen molar-refractivity contribution >= 4 is 63.0 Å². The SMILES string of the molecule is Cc1cc(=O)oc2cc3c(cc12)C(C)CC(C)(C)N3CCCC(=O)NCC#Cc1cn([C@H]2CC[C@@H](COP(=O)(O)OP(=O)(O)OP(=O)(O)O)O2)c2nc(N)[nH]c(=O)c12. The Morgan fingerprint density at radius 3 is 2.59 bits per heavy atom. The number of nitrogen functional groups attached to an aromatic ring is 1. The minimum absolute atomic E-state index is 0.0334. The Kier molecular flexibility index (Phi) is 12.3. The number of phosphoric ester groups is 1. The molecule has 6 rings (SSSR count). The minimum atomic E-state index is -5.69. The molecule has 4 aromatic rings. The average molecular weight is 869 g/mol. The summed E-state index contributed by atoms with van der Waals surface area (Å²) in [5, 5.41) is 3.77. The van der Waals surface area contributed by atoms with Crippen LogP contribution < -0.4 is 27.1 Å². The number of nitrogens with two attached hydrogens (primary N) is 1. The molecular weight excluding hydrogens is 825 g/mol. The number of hydrogen-bond acceptors (Lipinski definition) is 14. The molecule has 314 valence electrons. The Hall–Kier alpha value is -4.15. The third-order valence-electron chi connectivity index (χ3n) is 9.77. The number of nitrogens with one attached hydrogen (secondary N) is 2. The van der Waals surface area contributed by atoms with Gasteiger partial charge < -0.3 is 49.2 Å². The highest BCUT2D eigenvalue weighted by molar-refractivity contribution is 7.66. The van der Waals surface area contributed by atoms with Gasteiger partial charge in [0.2, 0.25) is 11.9 Å². The monoisotopic (exact) mass is 868 g/mol. The number of phosphoric acid groups is 3. The van der Waals surface area contributed by atoms with Gasteiger partial charge >= 0.3 is 29.1 Å². The summed E-state index contributed by atoms with van der Waals surface area (Å²) in [4.78, 5) is 83.5. The van der Waals surface area contributed by atoms with Crippen LogP contribution in [0, 0.1) is 18.8 Å². The van der Waals surface area contributed by atoms with Gasteiger partial charge in [-0.15, -0.1) is 0 Å². The fourth-order valence-electron chi connectivity index (χ4n) is 7.47. The highest BCUT2D eigenvalue weighted by atomic mass is 31.3. The second kappa shape index (κ2) is 16.5. The quantitative estimate of drug-likeness (QED) is 0.0571. The number of anilines is 2. The van der Waals surface area contributed by atoms with E-state index in [2.05, 4.69) is 67.5 Å². The van der Waals surface area contributed by atoms with E-state index in [-0.39, 0.29) is 65.7 Å². The Morgan fingerprint density at radius 2 is 1.86 bits per heavy atom. The van der Waals surface area contributed by atoms with Crippen LogP contribution in [-0.4, -0.2) is 71.4 Å². The van der Waals surface area contributed by atoms with Crippen molar-refractivity contribution < 1.29 is 60.4 Å². The first-order valence-corrected chi connectivity index (χ1v) is 22.5. The molecule has 1 amide bonds. The molecule has 5 heterocycles. The molecule has 58 heavy (non-hydrogen) atoms. The van der Waals surface area contributed by atoms with E-state index in [1.54, 1.807) is 0 Å². The number of hydrogen-bond donors (Lipinski definition) is 7. The lowest BCUT2D eigenvalue weighted by atomic mass is 9.79. The lowest BCUT2D eigenvalue weighted by molar-refractivity contribution is -0.120. The second-order valence-corrected chi connectivity index (χ2v) is 19.1. The molecular formula is C34H43N6O15P3. The predicted molar refractivity (Wildman–Crippen MR) is 209 cm³/mol. The van der Waals surface area contributed by atoms with Crippen LogP contribution in [0.25, 0.3) is 22.0 Å². The topological polar surface area (TPSA) is 308 Å². The number of aromatic nitrogens is 3. The van der Waals surface area contributed by atoms with Crippen molar-refractivity contribution in [3.8, 4) is 11.8 Å². The third kappa shape index (κ3) is 10.2. The van der Waals surface area contributed by atoms with Crippen molar-refractivity contribution in [1.82, 2.24) is 19.9 Å². The fourth-order valence-corrected chi connectivity index (χ4v) is 10.5. The van der Waals surface area contributed by atoms with Gasteiger partial charge in [0.25, 0.3) is 5.56 Å². The molecule has 0 aliphatic carbocycles. The number of amides is 1. The molecule has 2 aliphatic rings. The number of ether oxygens (including phenoxy) is 1. The average Bonchev–Trinajstić information content (AvgIpc) is 3.69. The van der Waals surface area contributed by atoms with E-state index in [9.17, 15) is 37.9 Å². The van der Waals surface area contributed by atoms with Crippen LogP contribution in [0.3, 0.4) is 0 Å². The zero-order chi connectivity index (χ0) is 42.4. The smallest absolute Gasteiger partial charge is 0.423 e. The van der Waals surface area contributed by atoms with Gasteiger partial charge in [-0.2, -0.15) is 13.6 Å². The predicted octanol–water partition coefficient (Wildman–Crippen LogP) is 3.78. The van der Waals surface area contributed by atoms with E-state index in [1.807, 2.05) is 13.0 Å². The molecule has 8 N–H and O–H groups in total. The molecule has 0 saturated carbocycles. The number of benzene rings is 1. The second-order valence-electron chi connectivity index (χ2n) is 14.7. The van der Waals surface area contributed by atoms with E-state index >= 15 is 0 Å². The number of aryl methyl sites for hydroxylation is 1. The van der Waals surface area contributed by atoms with E-state index in [4.69, 9.17) is 29.2 Å². The van der Waals surface area contributed by atoms with Crippen LogP contribution in [0.2, 0.25) is 0 Å². The highest BCUT2D eigenvalue weighted by Crippen LogP contribution is 2.66. The van der Waals surface area contributed by atoms with Crippen LogP contribution >= 0.6 is 23.5 Å². The van der Waals surface area contributed by atoms with E-state index in [0.29, 0.717) is 18.5 Å². The molecule has 0 spiro atoms. The first-order valence-electron chi connectivity index (χ1n) is 18.0. The lowest BCUT2D eigenvalue weighted by Gasteiger charge is -2.47.